The molecule has 4 rings (SSSR count). The van der Waals surface area contributed by atoms with E-state index in [-0.39, 0.29) is 30.5 Å². The number of hydrogen-bond acceptors (Lipinski definition) is 4. The Hall–Kier alpha value is -1.92. The second-order valence-electron chi connectivity index (χ2n) is 8.99. The Labute approximate surface area is 179 Å². The lowest BCUT2D eigenvalue weighted by molar-refractivity contribution is -0.138. The SMILES string of the molecule is COCC(=O)N1CCN(C(C(=O)NC2CCCc3ccccc32)C2CCCC2)CC1. The lowest BCUT2D eigenvalue weighted by atomic mass is 9.87. The van der Waals surface area contributed by atoms with Gasteiger partial charge in [-0.15, -0.1) is 0 Å². The maximum absolute atomic E-state index is 13.6. The minimum Gasteiger partial charge on any atom is -0.375 e. The van der Waals surface area contributed by atoms with Gasteiger partial charge in [-0.3, -0.25) is 14.5 Å². The van der Waals surface area contributed by atoms with Gasteiger partial charge in [-0.2, -0.15) is 0 Å². The number of aryl methyl sites for hydroxylation is 1. The van der Waals surface area contributed by atoms with Crippen LogP contribution < -0.4 is 5.32 Å². The number of amides is 2. The quantitative estimate of drug-likeness (QED) is 0.779. The van der Waals surface area contributed by atoms with Crippen molar-refractivity contribution in [3.63, 3.8) is 0 Å². The number of nitrogens with zero attached hydrogens (tertiary/aromatic N) is 2. The predicted molar refractivity (Wildman–Crippen MR) is 116 cm³/mol. The molecule has 1 aromatic carbocycles. The molecule has 1 saturated carbocycles. The summed E-state index contributed by atoms with van der Waals surface area (Å²) in [4.78, 5) is 29.9. The normalized spacial score (nSPS) is 23.8. The van der Waals surface area contributed by atoms with Gasteiger partial charge in [0.05, 0.1) is 12.1 Å². The average molecular weight is 414 g/mol. The number of fused-ring (bicyclic) bond motifs is 1. The highest BCUT2D eigenvalue weighted by Crippen LogP contribution is 2.33. The zero-order valence-electron chi connectivity index (χ0n) is 18.1. The van der Waals surface area contributed by atoms with E-state index in [9.17, 15) is 9.59 Å². The Morgan fingerprint density at radius 1 is 1.07 bits per heavy atom. The van der Waals surface area contributed by atoms with Gasteiger partial charge in [0.25, 0.3) is 0 Å². The summed E-state index contributed by atoms with van der Waals surface area (Å²) in [5, 5.41) is 3.42. The molecule has 1 heterocycles. The summed E-state index contributed by atoms with van der Waals surface area (Å²) in [6.07, 6.45) is 7.92. The number of methoxy groups -OCH3 is 1. The van der Waals surface area contributed by atoms with Crippen LogP contribution >= 0.6 is 0 Å². The van der Waals surface area contributed by atoms with E-state index in [0.717, 1.165) is 45.2 Å². The van der Waals surface area contributed by atoms with Crippen molar-refractivity contribution in [3.05, 3.63) is 35.4 Å². The first kappa shape index (κ1) is 21.3. The summed E-state index contributed by atoms with van der Waals surface area (Å²) in [5.41, 5.74) is 2.66. The predicted octanol–water partition coefficient (Wildman–Crippen LogP) is 2.53. The van der Waals surface area contributed by atoms with Crippen LogP contribution in [0.4, 0.5) is 0 Å². The second-order valence-corrected chi connectivity index (χ2v) is 8.99. The second kappa shape index (κ2) is 9.92. The highest BCUT2D eigenvalue weighted by molar-refractivity contribution is 5.83. The lowest BCUT2D eigenvalue weighted by Gasteiger charge is -2.41. The number of carbonyl (C=O) groups excluding carboxylic acids is 2. The molecule has 3 aliphatic rings. The lowest BCUT2D eigenvalue weighted by Crippen LogP contribution is -2.58. The van der Waals surface area contributed by atoms with Crippen molar-refractivity contribution in [2.45, 2.75) is 57.0 Å². The van der Waals surface area contributed by atoms with Crippen molar-refractivity contribution in [2.75, 3.05) is 39.9 Å². The summed E-state index contributed by atoms with van der Waals surface area (Å²) in [6, 6.07) is 8.57. The van der Waals surface area contributed by atoms with Crippen LogP contribution in [0.3, 0.4) is 0 Å². The van der Waals surface area contributed by atoms with Gasteiger partial charge in [-0.05, 0) is 49.1 Å². The molecule has 164 valence electrons. The number of nitrogens with one attached hydrogen (secondary N) is 1. The van der Waals surface area contributed by atoms with E-state index in [1.807, 2.05) is 4.90 Å². The Kier molecular flexibility index (Phi) is 7.05. The summed E-state index contributed by atoms with van der Waals surface area (Å²) < 4.78 is 4.99. The van der Waals surface area contributed by atoms with Gasteiger partial charge in [-0.1, -0.05) is 37.1 Å². The Morgan fingerprint density at radius 2 is 1.80 bits per heavy atom. The maximum Gasteiger partial charge on any atom is 0.248 e. The first-order chi connectivity index (χ1) is 14.7. The number of ether oxygens (including phenoxy) is 1. The molecule has 30 heavy (non-hydrogen) atoms. The summed E-state index contributed by atoms with van der Waals surface area (Å²) >= 11 is 0. The molecule has 6 heteroatoms. The third kappa shape index (κ3) is 4.70. The van der Waals surface area contributed by atoms with Crippen LogP contribution in [-0.2, 0) is 20.7 Å². The van der Waals surface area contributed by atoms with E-state index in [4.69, 9.17) is 4.74 Å². The standard InChI is InChI=1S/C24H35N3O3/c1-30-17-22(28)26-13-15-27(16-14-26)23(19-8-2-3-9-19)24(29)25-21-12-6-10-18-7-4-5-11-20(18)21/h4-5,7,11,19,21,23H,2-3,6,8-10,12-17H2,1H3,(H,25,29). The molecule has 2 atom stereocenters. The zero-order valence-corrected chi connectivity index (χ0v) is 18.1. The van der Waals surface area contributed by atoms with Crippen LogP contribution in [0.25, 0.3) is 0 Å². The van der Waals surface area contributed by atoms with Crippen LogP contribution in [0.1, 0.15) is 55.7 Å². The van der Waals surface area contributed by atoms with Gasteiger partial charge in [-0.25, -0.2) is 0 Å². The van der Waals surface area contributed by atoms with E-state index in [2.05, 4.69) is 34.5 Å². The van der Waals surface area contributed by atoms with Gasteiger partial charge in [0, 0.05) is 33.3 Å². The van der Waals surface area contributed by atoms with E-state index < -0.39 is 0 Å². The molecular weight excluding hydrogens is 378 g/mol. The van der Waals surface area contributed by atoms with E-state index >= 15 is 0 Å². The molecule has 2 aliphatic carbocycles. The van der Waals surface area contributed by atoms with E-state index in [1.54, 1.807) is 7.11 Å². The van der Waals surface area contributed by atoms with Crippen molar-refractivity contribution in [2.24, 2.45) is 5.92 Å². The van der Waals surface area contributed by atoms with E-state index in [0.29, 0.717) is 19.0 Å². The fraction of sp³-hybridized carbons (Fsp3) is 0.667. The van der Waals surface area contributed by atoms with Gasteiger partial charge in [0.15, 0.2) is 0 Å². The average Bonchev–Trinajstić information content (AvgIpc) is 3.29. The number of benzene rings is 1. The summed E-state index contributed by atoms with van der Waals surface area (Å²) in [5.74, 6) is 0.642. The fourth-order valence-corrected chi connectivity index (χ4v) is 5.58. The highest BCUT2D eigenvalue weighted by Gasteiger charge is 2.38. The monoisotopic (exact) mass is 413 g/mol. The molecule has 1 aliphatic heterocycles. The number of piperazine rings is 1. The highest BCUT2D eigenvalue weighted by atomic mass is 16.5. The van der Waals surface area contributed by atoms with Crippen molar-refractivity contribution >= 4 is 11.8 Å². The van der Waals surface area contributed by atoms with Gasteiger partial charge < -0.3 is 15.0 Å². The molecule has 2 amide bonds. The topological polar surface area (TPSA) is 61.9 Å². The third-order valence-corrected chi connectivity index (χ3v) is 7.13. The first-order valence-corrected chi connectivity index (χ1v) is 11.6. The Morgan fingerprint density at radius 3 is 2.53 bits per heavy atom. The largest absolute Gasteiger partial charge is 0.375 e. The molecule has 0 spiro atoms. The molecule has 1 N–H and O–H groups in total. The van der Waals surface area contributed by atoms with Gasteiger partial charge in [0.1, 0.15) is 6.61 Å². The molecule has 2 fully saturated rings. The molecular formula is C24H35N3O3. The van der Waals surface area contributed by atoms with Crippen LogP contribution in [0.2, 0.25) is 0 Å². The first-order valence-electron chi connectivity index (χ1n) is 11.6. The molecule has 1 aromatic rings. The number of rotatable bonds is 6. The number of carbonyl (C=O) groups is 2. The van der Waals surface area contributed by atoms with Crippen LogP contribution in [0.15, 0.2) is 24.3 Å². The fourth-order valence-electron chi connectivity index (χ4n) is 5.58. The van der Waals surface area contributed by atoms with Crippen LogP contribution in [0, 0.1) is 5.92 Å². The molecule has 1 saturated heterocycles. The number of hydrogen-bond donors (Lipinski definition) is 1. The summed E-state index contributed by atoms with van der Waals surface area (Å²) in [7, 11) is 1.55. The van der Waals surface area contributed by atoms with Gasteiger partial charge in [0.2, 0.25) is 11.8 Å². The molecule has 2 unspecified atom stereocenters. The summed E-state index contributed by atoms with van der Waals surface area (Å²) in [6.45, 7) is 2.99. The third-order valence-electron chi connectivity index (χ3n) is 7.13. The van der Waals surface area contributed by atoms with Crippen molar-refractivity contribution in [1.29, 1.82) is 0 Å². The van der Waals surface area contributed by atoms with Crippen molar-refractivity contribution in [3.8, 4) is 0 Å². The van der Waals surface area contributed by atoms with Crippen LogP contribution in [-0.4, -0.2) is 67.6 Å². The zero-order chi connectivity index (χ0) is 20.9. The molecule has 6 nitrogen and oxygen atoms in total. The molecule has 0 bridgehead atoms. The minimum absolute atomic E-state index is 0.0397. The van der Waals surface area contributed by atoms with Crippen molar-refractivity contribution < 1.29 is 14.3 Å². The van der Waals surface area contributed by atoms with Crippen molar-refractivity contribution in [1.82, 2.24) is 15.1 Å². The maximum atomic E-state index is 13.6. The smallest absolute Gasteiger partial charge is 0.248 e. The van der Waals surface area contributed by atoms with E-state index in [1.165, 1.54) is 24.0 Å². The Bertz CT molecular complexity index is 739. The molecule has 0 radical (unpaired) electrons. The Balaban J connectivity index is 1.44. The van der Waals surface area contributed by atoms with Crippen LogP contribution in [0.5, 0.6) is 0 Å². The molecule has 0 aromatic heterocycles. The van der Waals surface area contributed by atoms with Gasteiger partial charge >= 0.3 is 0 Å². The minimum atomic E-state index is -0.0822.